The van der Waals surface area contributed by atoms with E-state index in [9.17, 15) is 0 Å². The largest absolute Gasteiger partial charge is 0.314 e. The van der Waals surface area contributed by atoms with Gasteiger partial charge in [-0.2, -0.15) is 5.26 Å². The molecule has 1 aromatic carbocycles. The van der Waals surface area contributed by atoms with Gasteiger partial charge in [0.25, 0.3) is 0 Å². The third-order valence-corrected chi connectivity index (χ3v) is 2.86. The number of benzene rings is 1. The topological polar surface area (TPSA) is 41.6 Å². The van der Waals surface area contributed by atoms with Crippen LogP contribution < -0.4 is 0 Å². The van der Waals surface area contributed by atoms with Gasteiger partial charge in [0, 0.05) is 5.92 Å². The summed E-state index contributed by atoms with van der Waals surface area (Å²) in [5, 5.41) is 8.83. The Balaban J connectivity index is 2.24. The van der Waals surface area contributed by atoms with Gasteiger partial charge in [-0.25, -0.2) is 4.98 Å². The van der Waals surface area contributed by atoms with Crippen LogP contribution in [0.3, 0.4) is 0 Å². The van der Waals surface area contributed by atoms with Crippen molar-refractivity contribution in [3.8, 4) is 6.07 Å². The molecular formula is C12H11N3. The smallest absolute Gasteiger partial charge is 0.113 e. The number of hydrogen-bond donors (Lipinski definition) is 0. The number of nitrogens with zero attached hydrogens (tertiary/aromatic N) is 3. The highest BCUT2D eigenvalue weighted by Crippen LogP contribution is 2.40. The van der Waals surface area contributed by atoms with Gasteiger partial charge in [0.05, 0.1) is 17.1 Å². The third kappa shape index (κ3) is 1.30. The van der Waals surface area contributed by atoms with Gasteiger partial charge in [-0.3, -0.25) is 0 Å². The maximum atomic E-state index is 8.83. The molecule has 1 heterocycles. The van der Waals surface area contributed by atoms with E-state index in [2.05, 4.69) is 11.1 Å². The van der Waals surface area contributed by atoms with Crippen molar-refractivity contribution in [1.82, 2.24) is 9.55 Å². The van der Waals surface area contributed by atoms with Gasteiger partial charge in [0.15, 0.2) is 0 Å². The molecule has 1 aliphatic carbocycles. The molecule has 74 valence electrons. The summed E-state index contributed by atoms with van der Waals surface area (Å²) in [6, 6.07) is 10.2. The molecule has 1 aromatic heterocycles. The summed E-state index contributed by atoms with van der Waals surface area (Å²) in [6.45, 7) is 0.409. The maximum Gasteiger partial charge on any atom is 0.113 e. The molecule has 0 spiro atoms. The molecule has 0 N–H and O–H groups in total. The van der Waals surface area contributed by atoms with Gasteiger partial charge in [-0.05, 0) is 25.0 Å². The van der Waals surface area contributed by atoms with Gasteiger partial charge in [-0.1, -0.05) is 12.1 Å². The lowest BCUT2D eigenvalue weighted by molar-refractivity contribution is 0.769. The first-order valence-corrected chi connectivity index (χ1v) is 5.22. The Labute approximate surface area is 88.0 Å². The molecular weight excluding hydrogens is 186 g/mol. The molecule has 0 saturated heterocycles. The zero-order valence-corrected chi connectivity index (χ0v) is 8.35. The second-order valence-electron chi connectivity index (χ2n) is 3.98. The van der Waals surface area contributed by atoms with Crippen LogP contribution in [0, 0.1) is 11.3 Å². The summed E-state index contributed by atoms with van der Waals surface area (Å²) in [5.41, 5.74) is 2.09. The standard InChI is InChI=1S/C12H11N3/c13-7-8-15-11-4-2-1-3-10(11)14-12(15)9-5-6-9/h1-4,9H,5-6,8H2. The number of rotatable bonds is 2. The Hall–Kier alpha value is -1.82. The Bertz CT molecular complexity index is 543. The molecule has 0 bridgehead atoms. The van der Waals surface area contributed by atoms with E-state index in [1.807, 2.05) is 28.8 Å². The van der Waals surface area contributed by atoms with Gasteiger partial charge >= 0.3 is 0 Å². The van der Waals surface area contributed by atoms with Crippen molar-refractivity contribution >= 4 is 11.0 Å². The summed E-state index contributed by atoms with van der Waals surface area (Å²) < 4.78 is 2.05. The van der Waals surface area contributed by atoms with Crippen molar-refractivity contribution in [3.63, 3.8) is 0 Å². The average Bonchev–Trinajstić information content (AvgIpc) is 3.04. The second-order valence-corrected chi connectivity index (χ2v) is 3.98. The van der Waals surface area contributed by atoms with Crippen LogP contribution in [0.25, 0.3) is 11.0 Å². The van der Waals surface area contributed by atoms with E-state index < -0.39 is 0 Å². The monoisotopic (exact) mass is 197 g/mol. The third-order valence-electron chi connectivity index (χ3n) is 2.86. The summed E-state index contributed by atoms with van der Waals surface area (Å²) in [5.74, 6) is 1.68. The Kier molecular flexibility index (Phi) is 1.75. The molecule has 0 aliphatic heterocycles. The highest BCUT2D eigenvalue weighted by atomic mass is 15.1. The molecule has 0 atom stereocenters. The Morgan fingerprint density at radius 1 is 1.40 bits per heavy atom. The lowest BCUT2D eigenvalue weighted by atomic mass is 10.3. The van der Waals surface area contributed by atoms with Gasteiger partial charge in [0.2, 0.25) is 0 Å². The van der Waals surface area contributed by atoms with Crippen LogP contribution in [0.4, 0.5) is 0 Å². The van der Waals surface area contributed by atoms with E-state index in [0.717, 1.165) is 16.9 Å². The molecule has 1 fully saturated rings. The number of imidazole rings is 1. The molecule has 1 aliphatic rings. The molecule has 0 radical (unpaired) electrons. The number of fused-ring (bicyclic) bond motifs is 1. The minimum Gasteiger partial charge on any atom is -0.314 e. The van der Waals surface area contributed by atoms with Crippen molar-refractivity contribution in [1.29, 1.82) is 5.26 Å². The summed E-state index contributed by atoms with van der Waals surface area (Å²) in [7, 11) is 0. The minimum atomic E-state index is 0.409. The predicted molar refractivity (Wildman–Crippen MR) is 57.3 cm³/mol. The number of nitriles is 1. The second kappa shape index (κ2) is 3.09. The average molecular weight is 197 g/mol. The van der Waals surface area contributed by atoms with Crippen LogP contribution >= 0.6 is 0 Å². The van der Waals surface area contributed by atoms with E-state index in [4.69, 9.17) is 5.26 Å². The van der Waals surface area contributed by atoms with Crippen LogP contribution in [-0.4, -0.2) is 9.55 Å². The number of aromatic nitrogens is 2. The lowest BCUT2D eigenvalue weighted by Gasteiger charge is -2.01. The van der Waals surface area contributed by atoms with E-state index in [1.54, 1.807) is 0 Å². The van der Waals surface area contributed by atoms with Crippen molar-refractivity contribution in [2.24, 2.45) is 0 Å². The lowest BCUT2D eigenvalue weighted by Crippen LogP contribution is -2.00. The Morgan fingerprint density at radius 3 is 2.93 bits per heavy atom. The maximum absolute atomic E-state index is 8.83. The first-order valence-electron chi connectivity index (χ1n) is 5.22. The fraction of sp³-hybridized carbons (Fsp3) is 0.333. The van der Waals surface area contributed by atoms with E-state index in [1.165, 1.54) is 12.8 Å². The van der Waals surface area contributed by atoms with E-state index in [0.29, 0.717) is 12.5 Å². The van der Waals surface area contributed by atoms with Crippen molar-refractivity contribution in [3.05, 3.63) is 30.1 Å². The van der Waals surface area contributed by atoms with Crippen LogP contribution in [0.5, 0.6) is 0 Å². The van der Waals surface area contributed by atoms with E-state index >= 15 is 0 Å². The summed E-state index contributed by atoms with van der Waals surface area (Å²) in [6.07, 6.45) is 2.43. The molecule has 3 nitrogen and oxygen atoms in total. The first kappa shape index (κ1) is 8.49. The normalized spacial score (nSPS) is 15.4. The highest BCUT2D eigenvalue weighted by molar-refractivity contribution is 5.76. The molecule has 1 saturated carbocycles. The van der Waals surface area contributed by atoms with Crippen LogP contribution in [0.2, 0.25) is 0 Å². The van der Waals surface area contributed by atoms with Crippen molar-refractivity contribution in [2.75, 3.05) is 0 Å². The first-order chi connectivity index (χ1) is 7.40. The molecule has 0 unspecified atom stereocenters. The molecule has 3 rings (SSSR count). The van der Waals surface area contributed by atoms with Crippen LogP contribution in [-0.2, 0) is 6.54 Å². The van der Waals surface area contributed by atoms with E-state index in [-0.39, 0.29) is 0 Å². The summed E-state index contributed by atoms with van der Waals surface area (Å²) in [4.78, 5) is 4.61. The van der Waals surface area contributed by atoms with Crippen molar-refractivity contribution < 1.29 is 0 Å². The zero-order chi connectivity index (χ0) is 10.3. The number of hydrogen-bond acceptors (Lipinski definition) is 2. The van der Waals surface area contributed by atoms with Gasteiger partial charge in [0.1, 0.15) is 12.4 Å². The fourth-order valence-corrected chi connectivity index (χ4v) is 1.98. The molecule has 0 amide bonds. The highest BCUT2D eigenvalue weighted by Gasteiger charge is 2.29. The Morgan fingerprint density at radius 2 is 2.20 bits per heavy atom. The predicted octanol–water partition coefficient (Wildman–Crippen LogP) is 2.44. The minimum absolute atomic E-state index is 0.409. The molecule has 2 aromatic rings. The van der Waals surface area contributed by atoms with Gasteiger partial charge < -0.3 is 4.57 Å². The van der Waals surface area contributed by atoms with Crippen LogP contribution in [0.1, 0.15) is 24.6 Å². The fourth-order valence-electron chi connectivity index (χ4n) is 1.98. The SMILES string of the molecule is N#CCn1c(C2CC2)nc2ccccc21. The van der Waals surface area contributed by atoms with Crippen LogP contribution in [0.15, 0.2) is 24.3 Å². The molecule has 15 heavy (non-hydrogen) atoms. The van der Waals surface area contributed by atoms with Crippen molar-refractivity contribution in [2.45, 2.75) is 25.3 Å². The summed E-state index contributed by atoms with van der Waals surface area (Å²) >= 11 is 0. The quantitative estimate of drug-likeness (QED) is 0.742. The molecule has 3 heteroatoms. The zero-order valence-electron chi connectivity index (χ0n) is 8.35. The van der Waals surface area contributed by atoms with Gasteiger partial charge in [-0.15, -0.1) is 0 Å². The number of para-hydroxylation sites is 2.